The number of amides is 1. The van der Waals surface area contributed by atoms with Gasteiger partial charge in [0.15, 0.2) is 15.0 Å². The van der Waals surface area contributed by atoms with E-state index >= 15 is 0 Å². The van der Waals surface area contributed by atoms with Crippen molar-refractivity contribution >= 4 is 42.4 Å². The number of thiazole rings is 1. The van der Waals surface area contributed by atoms with E-state index in [2.05, 4.69) is 23.7 Å². The van der Waals surface area contributed by atoms with E-state index in [0.29, 0.717) is 22.8 Å². The van der Waals surface area contributed by atoms with Gasteiger partial charge in [-0.05, 0) is 56.8 Å². The van der Waals surface area contributed by atoms with Crippen LogP contribution in [0.25, 0.3) is 10.2 Å². The van der Waals surface area contributed by atoms with Crippen LogP contribution in [0.4, 0.5) is 5.13 Å². The van der Waals surface area contributed by atoms with Crippen LogP contribution in [0.3, 0.4) is 0 Å². The minimum absolute atomic E-state index is 0.0873. The van der Waals surface area contributed by atoms with Crippen LogP contribution in [0.1, 0.15) is 35.3 Å². The molecule has 1 amide bonds. The third-order valence-electron chi connectivity index (χ3n) is 5.41. The molecular weight excluding hydrogens is 430 g/mol. The summed E-state index contributed by atoms with van der Waals surface area (Å²) in [5.41, 5.74) is 3.30. The predicted octanol–water partition coefficient (Wildman–Crippen LogP) is 4.31. The van der Waals surface area contributed by atoms with E-state index in [9.17, 15) is 13.2 Å². The number of carbonyl (C=O) groups excluding carboxylic acids is 1. The fourth-order valence-corrected chi connectivity index (χ4v) is 5.17. The Labute approximate surface area is 188 Å². The van der Waals surface area contributed by atoms with Gasteiger partial charge in [0.2, 0.25) is 0 Å². The molecule has 3 rings (SSSR count). The third-order valence-corrected chi connectivity index (χ3v) is 7.56. The molecule has 8 heteroatoms. The SMILES string of the molecule is CCN(CC)CCN(C(=O)c1cc(C)ccc1C)c1nc2ccc(S(C)(=O)=O)cc2s1. The predicted molar refractivity (Wildman–Crippen MR) is 128 cm³/mol. The number of anilines is 1. The monoisotopic (exact) mass is 459 g/mol. The molecule has 0 aliphatic heterocycles. The van der Waals surface area contributed by atoms with Crippen molar-refractivity contribution < 1.29 is 13.2 Å². The number of sulfone groups is 1. The molecule has 1 aromatic heterocycles. The Kier molecular flexibility index (Phi) is 7.13. The molecule has 0 N–H and O–H groups in total. The summed E-state index contributed by atoms with van der Waals surface area (Å²) in [6.07, 6.45) is 1.19. The maximum absolute atomic E-state index is 13.6. The summed E-state index contributed by atoms with van der Waals surface area (Å²) in [4.78, 5) is 22.5. The first-order valence-electron chi connectivity index (χ1n) is 10.4. The first-order chi connectivity index (χ1) is 14.6. The number of hydrogen-bond donors (Lipinski definition) is 0. The summed E-state index contributed by atoms with van der Waals surface area (Å²) >= 11 is 1.35. The van der Waals surface area contributed by atoms with Crippen LogP contribution < -0.4 is 4.90 Å². The summed E-state index contributed by atoms with van der Waals surface area (Å²) < 4.78 is 24.6. The van der Waals surface area contributed by atoms with Crippen molar-refractivity contribution in [1.82, 2.24) is 9.88 Å². The lowest BCUT2D eigenvalue weighted by atomic mass is 10.0. The number of hydrogen-bond acceptors (Lipinski definition) is 6. The zero-order chi connectivity index (χ0) is 22.8. The van der Waals surface area contributed by atoms with Crippen molar-refractivity contribution in [3.05, 3.63) is 53.1 Å². The quantitative estimate of drug-likeness (QED) is 0.502. The highest BCUT2D eigenvalue weighted by Crippen LogP contribution is 2.32. The van der Waals surface area contributed by atoms with Crippen LogP contribution in [-0.4, -0.2) is 56.6 Å². The fourth-order valence-electron chi connectivity index (χ4n) is 3.42. The van der Waals surface area contributed by atoms with Crippen molar-refractivity contribution in [2.75, 3.05) is 37.3 Å². The smallest absolute Gasteiger partial charge is 0.260 e. The molecule has 0 aliphatic rings. The molecule has 166 valence electrons. The Morgan fingerprint density at radius 2 is 1.74 bits per heavy atom. The molecule has 0 fully saturated rings. The van der Waals surface area contributed by atoms with Crippen molar-refractivity contribution in [3.8, 4) is 0 Å². The second-order valence-electron chi connectivity index (χ2n) is 7.70. The first kappa shape index (κ1) is 23.4. The van der Waals surface area contributed by atoms with E-state index < -0.39 is 9.84 Å². The Balaban J connectivity index is 2.04. The van der Waals surface area contributed by atoms with Gasteiger partial charge in [-0.2, -0.15) is 0 Å². The van der Waals surface area contributed by atoms with Crippen LogP contribution in [0.2, 0.25) is 0 Å². The van der Waals surface area contributed by atoms with Gasteiger partial charge in [-0.25, -0.2) is 13.4 Å². The number of benzene rings is 2. The molecule has 0 saturated heterocycles. The number of aromatic nitrogens is 1. The second kappa shape index (κ2) is 9.46. The molecule has 0 spiro atoms. The van der Waals surface area contributed by atoms with E-state index in [1.54, 1.807) is 23.1 Å². The molecular formula is C23H29N3O3S2. The topological polar surface area (TPSA) is 70.6 Å². The highest BCUT2D eigenvalue weighted by atomic mass is 32.2. The molecule has 0 radical (unpaired) electrons. The minimum atomic E-state index is -3.31. The number of likely N-dealkylation sites (N-methyl/N-ethyl adjacent to an activating group) is 1. The van der Waals surface area contributed by atoms with Gasteiger partial charge in [0, 0.05) is 24.9 Å². The van der Waals surface area contributed by atoms with Gasteiger partial charge < -0.3 is 4.90 Å². The van der Waals surface area contributed by atoms with Gasteiger partial charge in [-0.3, -0.25) is 9.69 Å². The Hall–Kier alpha value is -2.29. The van der Waals surface area contributed by atoms with Gasteiger partial charge in [-0.1, -0.05) is 42.9 Å². The van der Waals surface area contributed by atoms with Gasteiger partial charge >= 0.3 is 0 Å². The van der Waals surface area contributed by atoms with Crippen molar-refractivity contribution in [1.29, 1.82) is 0 Å². The van der Waals surface area contributed by atoms with Gasteiger partial charge in [-0.15, -0.1) is 0 Å². The number of rotatable bonds is 8. The van der Waals surface area contributed by atoms with E-state index in [1.807, 2.05) is 32.0 Å². The molecule has 0 aliphatic carbocycles. The van der Waals surface area contributed by atoms with Crippen LogP contribution >= 0.6 is 11.3 Å². The largest absolute Gasteiger partial charge is 0.302 e. The highest BCUT2D eigenvalue weighted by Gasteiger charge is 2.23. The van der Waals surface area contributed by atoms with E-state index in [0.717, 1.165) is 35.5 Å². The normalized spacial score (nSPS) is 11.9. The maximum Gasteiger partial charge on any atom is 0.260 e. The van der Waals surface area contributed by atoms with Crippen molar-refractivity contribution in [3.63, 3.8) is 0 Å². The summed E-state index contributed by atoms with van der Waals surface area (Å²) in [6.45, 7) is 11.2. The van der Waals surface area contributed by atoms with Crippen molar-refractivity contribution in [2.24, 2.45) is 0 Å². The average molecular weight is 460 g/mol. The summed E-state index contributed by atoms with van der Waals surface area (Å²) in [5, 5.41) is 0.582. The van der Waals surface area contributed by atoms with Gasteiger partial charge in [0.05, 0.1) is 15.1 Å². The van der Waals surface area contributed by atoms with Gasteiger partial charge in [0.1, 0.15) is 0 Å². The molecule has 0 saturated carbocycles. The molecule has 1 heterocycles. The summed E-state index contributed by atoms with van der Waals surface area (Å²) in [6, 6.07) is 10.8. The number of fused-ring (bicyclic) bond motifs is 1. The molecule has 0 atom stereocenters. The second-order valence-corrected chi connectivity index (χ2v) is 10.7. The number of carbonyl (C=O) groups is 1. The van der Waals surface area contributed by atoms with Crippen LogP contribution in [0.15, 0.2) is 41.3 Å². The van der Waals surface area contributed by atoms with Crippen molar-refractivity contribution in [2.45, 2.75) is 32.6 Å². The van der Waals surface area contributed by atoms with Crippen LogP contribution in [0, 0.1) is 13.8 Å². The zero-order valence-corrected chi connectivity index (χ0v) is 20.3. The lowest BCUT2D eigenvalue weighted by molar-refractivity contribution is 0.0983. The average Bonchev–Trinajstić information content (AvgIpc) is 3.15. The molecule has 31 heavy (non-hydrogen) atoms. The molecule has 0 unspecified atom stereocenters. The Morgan fingerprint density at radius 1 is 1.03 bits per heavy atom. The zero-order valence-electron chi connectivity index (χ0n) is 18.7. The standard InChI is InChI=1S/C23H29N3O3S2/c1-6-25(7-2)12-13-26(22(27)19-14-16(3)8-9-17(19)4)23-24-20-11-10-18(31(5,28)29)15-21(20)30-23/h8-11,14-15H,6-7,12-13H2,1-5H3. The van der Waals surface area contributed by atoms with E-state index in [4.69, 9.17) is 0 Å². The lowest BCUT2D eigenvalue weighted by Gasteiger charge is -2.25. The van der Waals surface area contributed by atoms with Crippen LogP contribution in [-0.2, 0) is 9.84 Å². The Bertz CT molecular complexity index is 1200. The molecule has 3 aromatic rings. The third kappa shape index (κ3) is 5.31. The first-order valence-corrected chi connectivity index (χ1v) is 13.1. The summed E-state index contributed by atoms with van der Waals surface area (Å²) in [7, 11) is -3.31. The molecule has 6 nitrogen and oxygen atoms in total. The maximum atomic E-state index is 13.6. The number of aryl methyl sites for hydroxylation is 2. The van der Waals surface area contributed by atoms with E-state index in [-0.39, 0.29) is 10.8 Å². The minimum Gasteiger partial charge on any atom is -0.302 e. The van der Waals surface area contributed by atoms with E-state index in [1.165, 1.54) is 17.6 Å². The number of nitrogens with zero attached hydrogens (tertiary/aromatic N) is 3. The lowest BCUT2D eigenvalue weighted by Crippen LogP contribution is -2.39. The van der Waals surface area contributed by atoms with Crippen LogP contribution in [0.5, 0.6) is 0 Å². The Morgan fingerprint density at radius 3 is 2.39 bits per heavy atom. The molecule has 2 aromatic carbocycles. The summed E-state index contributed by atoms with van der Waals surface area (Å²) in [5.74, 6) is -0.0873. The molecule has 0 bridgehead atoms. The highest BCUT2D eigenvalue weighted by molar-refractivity contribution is 7.90. The fraction of sp³-hybridized carbons (Fsp3) is 0.391. The van der Waals surface area contributed by atoms with Gasteiger partial charge in [0.25, 0.3) is 5.91 Å².